The van der Waals surface area contributed by atoms with Crippen LogP contribution in [0.25, 0.3) is 0 Å². The summed E-state index contributed by atoms with van der Waals surface area (Å²) < 4.78 is 0. The SMILES string of the molecule is C=C(CCCCC)/C(C)=C/N(C)CCC. The van der Waals surface area contributed by atoms with E-state index in [1.165, 1.54) is 36.8 Å². The Balaban J connectivity index is 3.95. The van der Waals surface area contributed by atoms with Crippen molar-refractivity contribution in [2.24, 2.45) is 0 Å². The van der Waals surface area contributed by atoms with Gasteiger partial charge < -0.3 is 4.90 Å². The Morgan fingerprint density at radius 1 is 1.20 bits per heavy atom. The van der Waals surface area contributed by atoms with Gasteiger partial charge in [0.15, 0.2) is 0 Å². The molecule has 0 N–H and O–H groups in total. The van der Waals surface area contributed by atoms with Crippen molar-refractivity contribution >= 4 is 0 Å². The van der Waals surface area contributed by atoms with Crippen molar-refractivity contribution in [3.63, 3.8) is 0 Å². The van der Waals surface area contributed by atoms with Gasteiger partial charge in [0, 0.05) is 19.8 Å². The minimum absolute atomic E-state index is 1.12. The van der Waals surface area contributed by atoms with Crippen molar-refractivity contribution in [3.05, 3.63) is 23.9 Å². The van der Waals surface area contributed by atoms with Gasteiger partial charge in [0.1, 0.15) is 0 Å². The molecule has 0 aromatic rings. The van der Waals surface area contributed by atoms with Gasteiger partial charge in [-0.3, -0.25) is 0 Å². The van der Waals surface area contributed by atoms with Crippen LogP contribution in [-0.2, 0) is 0 Å². The zero-order valence-electron chi connectivity index (χ0n) is 11.0. The van der Waals surface area contributed by atoms with Gasteiger partial charge in [-0.1, -0.05) is 38.8 Å². The van der Waals surface area contributed by atoms with Crippen LogP contribution in [0.4, 0.5) is 0 Å². The normalized spacial score (nSPS) is 11.6. The maximum absolute atomic E-state index is 4.14. The largest absolute Gasteiger partial charge is 0.380 e. The van der Waals surface area contributed by atoms with Gasteiger partial charge in [-0.2, -0.15) is 0 Å². The summed E-state index contributed by atoms with van der Waals surface area (Å²) in [4.78, 5) is 2.25. The number of rotatable bonds is 8. The van der Waals surface area contributed by atoms with E-state index in [2.05, 4.69) is 45.5 Å². The summed E-state index contributed by atoms with van der Waals surface area (Å²) in [5.41, 5.74) is 2.63. The van der Waals surface area contributed by atoms with Gasteiger partial charge in [0.05, 0.1) is 0 Å². The van der Waals surface area contributed by atoms with Crippen LogP contribution in [0.1, 0.15) is 52.9 Å². The second kappa shape index (κ2) is 8.58. The third-order valence-corrected chi connectivity index (χ3v) is 2.63. The van der Waals surface area contributed by atoms with E-state index in [1.807, 2.05) is 0 Å². The van der Waals surface area contributed by atoms with Gasteiger partial charge in [0.2, 0.25) is 0 Å². The first kappa shape index (κ1) is 14.3. The molecule has 0 unspecified atom stereocenters. The highest BCUT2D eigenvalue weighted by molar-refractivity contribution is 5.25. The molecule has 0 heterocycles. The quantitative estimate of drug-likeness (QED) is 0.424. The molecule has 1 nitrogen and oxygen atoms in total. The molecule has 0 aliphatic heterocycles. The lowest BCUT2D eigenvalue weighted by molar-refractivity contribution is 0.451. The van der Waals surface area contributed by atoms with Gasteiger partial charge >= 0.3 is 0 Å². The average molecular weight is 209 g/mol. The van der Waals surface area contributed by atoms with Gasteiger partial charge in [-0.25, -0.2) is 0 Å². The molecule has 0 aromatic carbocycles. The third-order valence-electron chi connectivity index (χ3n) is 2.63. The molecule has 0 radical (unpaired) electrons. The molecule has 0 spiro atoms. The Labute approximate surface area is 95.9 Å². The maximum atomic E-state index is 4.14. The minimum Gasteiger partial charge on any atom is -0.380 e. The van der Waals surface area contributed by atoms with E-state index in [4.69, 9.17) is 0 Å². The summed E-state index contributed by atoms with van der Waals surface area (Å²) in [6, 6.07) is 0. The lowest BCUT2D eigenvalue weighted by atomic mass is 10.0. The highest BCUT2D eigenvalue weighted by Crippen LogP contribution is 2.15. The minimum atomic E-state index is 1.12. The smallest absolute Gasteiger partial charge is 0.0166 e. The predicted octanol–water partition coefficient (Wildman–Crippen LogP) is 4.37. The van der Waals surface area contributed by atoms with Crippen LogP contribution in [0.15, 0.2) is 23.9 Å². The monoisotopic (exact) mass is 209 g/mol. The molecule has 0 atom stereocenters. The molecule has 0 saturated carbocycles. The molecule has 0 bridgehead atoms. The van der Waals surface area contributed by atoms with Crippen LogP contribution >= 0.6 is 0 Å². The third kappa shape index (κ3) is 7.24. The molecule has 15 heavy (non-hydrogen) atoms. The number of allylic oxidation sites excluding steroid dienone is 2. The molecule has 0 aromatic heterocycles. The second-order valence-corrected chi connectivity index (χ2v) is 4.35. The van der Waals surface area contributed by atoms with Gasteiger partial charge in [-0.05, 0) is 31.8 Å². The van der Waals surface area contributed by atoms with Crippen molar-refractivity contribution in [2.45, 2.75) is 52.9 Å². The van der Waals surface area contributed by atoms with E-state index >= 15 is 0 Å². The van der Waals surface area contributed by atoms with Crippen LogP contribution in [0.2, 0.25) is 0 Å². The van der Waals surface area contributed by atoms with E-state index < -0.39 is 0 Å². The number of hydrogen-bond donors (Lipinski definition) is 0. The number of nitrogens with zero attached hydrogens (tertiary/aromatic N) is 1. The summed E-state index contributed by atoms with van der Waals surface area (Å²) in [6.07, 6.45) is 8.44. The highest BCUT2D eigenvalue weighted by atomic mass is 15.1. The summed E-state index contributed by atoms with van der Waals surface area (Å²) in [5.74, 6) is 0. The van der Waals surface area contributed by atoms with Crippen molar-refractivity contribution < 1.29 is 0 Å². The zero-order valence-corrected chi connectivity index (χ0v) is 11.0. The molecular weight excluding hydrogens is 182 g/mol. The second-order valence-electron chi connectivity index (χ2n) is 4.35. The zero-order chi connectivity index (χ0) is 11.7. The fourth-order valence-corrected chi connectivity index (χ4v) is 1.62. The molecule has 1 heteroatoms. The lowest BCUT2D eigenvalue weighted by Gasteiger charge is -2.15. The molecule has 0 aliphatic rings. The summed E-state index contributed by atoms with van der Waals surface area (Å²) in [5, 5.41) is 0. The molecule has 0 aliphatic carbocycles. The Kier molecular flexibility index (Phi) is 8.17. The van der Waals surface area contributed by atoms with E-state index in [1.54, 1.807) is 0 Å². The Morgan fingerprint density at radius 3 is 2.40 bits per heavy atom. The van der Waals surface area contributed by atoms with E-state index in [0.29, 0.717) is 0 Å². The molecule has 0 fully saturated rings. The molecule has 88 valence electrons. The Bertz CT molecular complexity index is 203. The number of unbranched alkanes of at least 4 members (excludes halogenated alkanes) is 2. The average Bonchev–Trinajstić information content (AvgIpc) is 2.18. The molecule has 0 amide bonds. The van der Waals surface area contributed by atoms with Crippen LogP contribution in [0.5, 0.6) is 0 Å². The fraction of sp³-hybridized carbons (Fsp3) is 0.714. The van der Waals surface area contributed by atoms with Crippen LogP contribution < -0.4 is 0 Å². The molecule has 0 rings (SSSR count). The Morgan fingerprint density at radius 2 is 1.87 bits per heavy atom. The first-order chi connectivity index (χ1) is 7.11. The van der Waals surface area contributed by atoms with E-state index in [9.17, 15) is 0 Å². The van der Waals surface area contributed by atoms with E-state index in [-0.39, 0.29) is 0 Å². The van der Waals surface area contributed by atoms with Crippen molar-refractivity contribution in [2.75, 3.05) is 13.6 Å². The summed E-state index contributed by atoms with van der Waals surface area (Å²) in [6.45, 7) is 11.9. The summed E-state index contributed by atoms with van der Waals surface area (Å²) in [7, 11) is 2.13. The van der Waals surface area contributed by atoms with Gasteiger partial charge in [-0.15, -0.1) is 0 Å². The maximum Gasteiger partial charge on any atom is 0.0166 e. The van der Waals surface area contributed by atoms with E-state index in [0.717, 1.165) is 13.0 Å². The topological polar surface area (TPSA) is 3.24 Å². The Hall–Kier alpha value is -0.720. The highest BCUT2D eigenvalue weighted by Gasteiger charge is 1.98. The number of hydrogen-bond acceptors (Lipinski definition) is 1. The van der Waals surface area contributed by atoms with Crippen LogP contribution in [0, 0.1) is 0 Å². The molecular formula is C14H27N. The van der Waals surface area contributed by atoms with Crippen LogP contribution in [0.3, 0.4) is 0 Å². The lowest BCUT2D eigenvalue weighted by Crippen LogP contribution is -2.12. The summed E-state index contributed by atoms with van der Waals surface area (Å²) >= 11 is 0. The predicted molar refractivity (Wildman–Crippen MR) is 70.0 cm³/mol. The van der Waals surface area contributed by atoms with Gasteiger partial charge in [0.25, 0.3) is 0 Å². The fourth-order valence-electron chi connectivity index (χ4n) is 1.62. The standard InChI is InChI=1S/C14H27N/c1-6-8-9-10-13(3)14(4)12-15(5)11-7-2/h12H,3,6-11H2,1-2,4-5H3/b14-12+. The van der Waals surface area contributed by atoms with Crippen LogP contribution in [-0.4, -0.2) is 18.5 Å². The first-order valence-corrected chi connectivity index (χ1v) is 6.18. The van der Waals surface area contributed by atoms with Crippen molar-refractivity contribution in [1.29, 1.82) is 0 Å². The van der Waals surface area contributed by atoms with Crippen molar-refractivity contribution in [1.82, 2.24) is 4.90 Å². The molecule has 0 saturated heterocycles. The van der Waals surface area contributed by atoms with Crippen molar-refractivity contribution in [3.8, 4) is 0 Å². The first-order valence-electron chi connectivity index (χ1n) is 6.18.